The van der Waals surface area contributed by atoms with Crippen LogP contribution < -0.4 is 5.32 Å². The summed E-state index contributed by atoms with van der Waals surface area (Å²) in [7, 11) is 0. The van der Waals surface area contributed by atoms with E-state index in [-0.39, 0.29) is 11.8 Å². The molecule has 1 saturated heterocycles. The smallest absolute Gasteiger partial charge is 0.228 e. The van der Waals surface area contributed by atoms with Gasteiger partial charge in [-0.1, -0.05) is 12.1 Å². The molecule has 2 heterocycles. The molecule has 4 nitrogen and oxygen atoms in total. The number of nitrogens with zero attached hydrogens (tertiary/aromatic N) is 1. The molecular weight excluding hydrogens is 258 g/mol. The van der Waals surface area contributed by atoms with Crippen LogP contribution in [0.15, 0.2) is 36.5 Å². The van der Waals surface area contributed by atoms with Crippen molar-refractivity contribution in [2.75, 3.05) is 16.8 Å². The van der Waals surface area contributed by atoms with Gasteiger partial charge in [-0.05, 0) is 35.9 Å². The molecular formula is C14H15N3OS. The quantitative estimate of drug-likeness (QED) is 0.904. The molecule has 2 aromatic rings. The van der Waals surface area contributed by atoms with Crippen LogP contribution in [-0.2, 0) is 4.79 Å². The summed E-state index contributed by atoms with van der Waals surface area (Å²) in [6, 6.07) is 9.73. The second-order valence-corrected chi connectivity index (χ2v) is 5.75. The Morgan fingerprint density at radius 2 is 2.16 bits per heavy atom. The Kier molecular flexibility index (Phi) is 3.55. The molecule has 1 aromatic heterocycles. The molecule has 1 amide bonds. The van der Waals surface area contributed by atoms with Gasteiger partial charge in [-0.15, -0.1) is 0 Å². The van der Waals surface area contributed by atoms with Gasteiger partial charge >= 0.3 is 0 Å². The Balaban J connectivity index is 1.67. The number of benzene rings is 1. The van der Waals surface area contributed by atoms with E-state index in [0.29, 0.717) is 0 Å². The van der Waals surface area contributed by atoms with Gasteiger partial charge in [0.2, 0.25) is 5.91 Å². The third-order valence-corrected chi connectivity index (χ3v) is 4.43. The molecule has 1 aliphatic heterocycles. The van der Waals surface area contributed by atoms with E-state index < -0.39 is 0 Å². The number of aromatic nitrogens is 2. The molecule has 1 aliphatic rings. The summed E-state index contributed by atoms with van der Waals surface area (Å²) in [5.41, 5.74) is 2.89. The van der Waals surface area contributed by atoms with Gasteiger partial charge in [0.25, 0.3) is 0 Å². The Bertz CT molecular complexity index is 545. The van der Waals surface area contributed by atoms with E-state index >= 15 is 0 Å². The molecule has 1 unspecified atom stereocenters. The first-order valence-electron chi connectivity index (χ1n) is 6.31. The van der Waals surface area contributed by atoms with Gasteiger partial charge in [0, 0.05) is 23.6 Å². The number of amides is 1. The van der Waals surface area contributed by atoms with E-state index in [4.69, 9.17) is 0 Å². The molecule has 19 heavy (non-hydrogen) atoms. The van der Waals surface area contributed by atoms with E-state index in [0.717, 1.165) is 34.9 Å². The summed E-state index contributed by atoms with van der Waals surface area (Å²) >= 11 is 1.85. The lowest BCUT2D eigenvalue weighted by molar-refractivity contribution is -0.119. The topological polar surface area (TPSA) is 57.8 Å². The van der Waals surface area contributed by atoms with Crippen LogP contribution in [0.2, 0.25) is 0 Å². The molecule has 0 spiro atoms. The van der Waals surface area contributed by atoms with Gasteiger partial charge in [0.05, 0.1) is 5.69 Å². The van der Waals surface area contributed by atoms with Crippen LogP contribution >= 0.6 is 11.8 Å². The minimum absolute atomic E-state index is 0.138. The van der Waals surface area contributed by atoms with E-state index in [1.807, 2.05) is 42.1 Å². The van der Waals surface area contributed by atoms with Gasteiger partial charge in [0.15, 0.2) is 0 Å². The third-order valence-electron chi connectivity index (χ3n) is 3.26. The lowest BCUT2D eigenvalue weighted by Gasteiger charge is -2.10. The average molecular weight is 273 g/mol. The number of hydrogen-bond donors (Lipinski definition) is 2. The largest absolute Gasteiger partial charge is 0.326 e. The van der Waals surface area contributed by atoms with Crippen LogP contribution in [0.4, 0.5) is 5.69 Å². The number of carbonyl (C=O) groups excluding carboxylic acids is 1. The van der Waals surface area contributed by atoms with Gasteiger partial charge in [0.1, 0.15) is 0 Å². The van der Waals surface area contributed by atoms with Crippen molar-refractivity contribution in [2.45, 2.75) is 6.42 Å². The number of H-pyrrole nitrogens is 1. The van der Waals surface area contributed by atoms with Crippen molar-refractivity contribution >= 4 is 23.4 Å². The molecule has 0 radical (unpaired) electrons. The molecule has 5 heteroatoms. The fourth-order valence-electron chi connectivity index (χ4n) is 2.14. The van der Waals surface area contributed by atoms with Crippen LogP contribution in [0.25, 0.3) is 11.3 Å². The Labute approximate surface area is 116 Å². The van der Waals surface area contributed by atoms with E-state index in [1.54, 1.807) is 6.20 Å². The maximum absolute atomic E-state index is 12.0. The Morgan fingerprint density at radius 1 is 1.32 bits per heavy atom. The Hall–Kier alpha value is -1.75. The van der Waals surface area contributed by atoms with Crippen molar-refractivity contribution in [3.8, 4) is 11.3 Å². The highest BCUT2D eigenvalue weighted by Gasteiger charge is 2.22. The highest BCUT2D eigenvalue weighted by atomic mass is 32.2. The Morgan fingerprint density at radius 3 is 2.79 bits per heavy atom. The first-order chi connectivity index (χ1) is 9.33. The van der Waals surface area contributed by atoms with Gasteiger partial charge in [-0.25, -0.2) is 0 Å². The lowest BCUT2D eigenvalue weighted by Crippen LogP contribution is -2.22. The third kappa shape index (κ3) is 2.81. The predicted octanol–water partition coefficient (Wildman–Crippen LogP) is 2.77. The number of thioether (sulfide) groups is 1. The maximum Gasteiger partial charge on any atom is 0.228 e. The molecule has 0 aliphatic carbocycles. The van der Waals surface area contributed by atoms with Gasteiger partial charge in [-0.3, -0.25) is 9.89 Å². The van der Waals surface area contributed by atoms with Crippen LogP contribution in [0.1, 0.15) is 6.42 Å². The fourth-order valence-corrected chi connectivity index (χ4v) is 3.36. The number of rotatable bonds is 3. The normalized spacial score (nSPS) is 18.4. The zero-order chi connectivity index (χ0) is 13.1. The molecule has 1 aromatic carbocycles. The lowest BCUT2D eigenvalue weighted by atomic mass is 10.1. The number of hydrogen-bond acceptors (Lipinski definition) is 3. The summed E-state index contributed by atoms with van der Waals surface area (Å²) in [5.74, 6) is 2.34. The van der Waals surface area contributed by atoms with Gasteiger partial charge in [-0.2, -0.15) is 16.9 Å². The predicted molar refractivity (Wildman–Crippen MR) is 78.1 cm³/mol. The number of anilines is 1. The van der Waals surface area contributed by atoms with Crippen molar-refractivity contribution in [1.82, 2.24) is 10.2 Å². The standard InChI is InChI=1S/C14H15N3OS/c18-14(11-6-8-19-9-11)16-12-3-1-10(2-4-12)13-5-7-15-17-13/h1-5,7,11H,6,8-9H2,(H,15,17)(H,16,18). The van der Waals surface area contributed by atoms with Crippen LogP contribution in [0, 0.1) is 5.92 Å². The first-order valence-corrected chi connectivity index (χ1v) is 7.47. The summed E-state index contributed by atoms with van der Waals surface area (Å²) in [5, 5.41) is 9.82. The molecule has 2 N–H and O–H groups in total. The average Bonchev–Trinajstić information content (AvgIpc) is 3.13. The maximum atomic E-state index is 12.0. The van der Waals surface area contributed by atoms with Crippen molar-refractivity contribution in [1.29, 1.82) is 0 Å². The molecule has 1 fully saturated rings. The molecule has 3 rings (SSSR count). The monoisotopic (exact) mass is 273 g/mol. The highest BCUT2D eigenvalue weighted by Crippen LogP contribution is 2.25. The fraction of sp³-hybridized carbons (Fsp3) is 0.286. The van der Waals surface area contributed by atoms with Crippen LogP contribution in [0.5, 0.6) is 0 Å². The molecule has 0 saturated carbocycles. The van der Waals surface area contributed by atoms with E-state index in [1.165, 1.54) is 0 Å². The number of carbonyl (C=O) groups is 1. The molecule has 98 valence electrons. The minimum atomic E-state index is 0.138. The second-order valence-electron chi connectivity index (χ2n) is 4.60. The van der Waals surface area contributed by atoms with Gasteiger partial charge < -0.3 is 5.32 Å². The molecule has 0 bridgehead atoms. The zero-order valence-electron chi connectivity index (χ0n) is 10.4. The second kappa shape index (κ2) is 5.48. The first kappa shape index (κ1) is 12.3. The summed E-state index contributed by atoms with van der Waals surface area (Å²) in [6.07, 6.45) is 2.71. The van der Waals surface area contributed by atoms with E-state index in [2.05, 4.69) is 15.5 Å². The SMILES string of the molecule is O=C(Nc1ccc(-c2ccn[nH]2)cc1)C1CCSC1. The summed E-state index contributed by atoms with van der Waals surface area (Å²) in [6.45, 7) is 0. The van der Waals surface area contributed by atoms with E-state index in [9.17, 15) is 4.79 Å². The van der Waals surface area contributed by atoms with Crippen molar-refractivity contribution in [2.24, 2.45) is 5.92 Å². The summed E-state index contributed by atoms with van der Waals surface area (Å²) < 4.78 is 0. The number of aromatic amines is 1. The van der Waals surface area contributed by atoms with Crippen molar-refractivity contribution < 1.29 is 4.79 Å². The van der Waals surface area contributed by atoms with Crippen molar-refractivity contribution in [3.05, 3.63) is 36.5 Å². The zero-order valence-corrected chi connectivity index (χ0v) is 11.2. The van der Waals surface area contributed by atoms with Crippen molar-refractivity contribution in [3.63, 3.8) is 0 Å². The summed E-state index contributed by atoms with van der Waals surface area (Å²) in [4.78, 5) is 12.0. The molecule has 1 atom stereocenters. The van der Waals surface area contributed by atoms with Crippen LogP contribution in [-0.4, -0.2) is 27.6 Å². The number of nitrogens with one attached hydrogen (secondary N) is 2. The highest BCUT2D eigenvalue weighted by molar-refractivity contribution is 7.99. The minimum Gasteiger partial charge on any atom is -0.326 e. The van der Waals surface area contributed by atoms with Crippen LogP contribution in [0.3, 0.4) is 0 Å².